The average molecular weight is 379 g/mol. The lowest BCUT2D eigenvalue weighted by molar-refractivity contribution is -0.00607. The summed E-state index contributed by atoms with van der Waals surface area (Å²) in [6.07, 6.45) is 0.152. The van der Waals surface area contributed by atoms with Gasteiger partial charge in [-0.1, -0.05) is 0 Å². The lowest BCUT2D eigenvalue weighted by Gasteiger charge is -2.33. The minimum Gasteiger partial charge on any atom is -0.497 e. The highest BCUT2D eigenvalue weighted by Gasteiger charge is 2.38. The van der Waals surface area contributed by atoms with Gasteiger partial charge in [-0.15, -0.1) is 0 Å². The number of aliphatic hydroxyl groups excluding tert-OH is 1. The maximum Gasteiger partial charge on any atom is 0.317 e. The Morgan fingerprint density at radius 1 is 1.19 bits per heavy atom. The molecule has 0 unspecified atom stereocenters. The largest absolute Gasteiger partial charge is 0.497 e. The number of hydrogen-bond donors (Lipinski definition) is 2. The molecule has 0 spiro atoms. The number of hydrogen-bond acceptors (Lipinski definition) is 6. The number of aliphatic hydroxyl groups is 1. The first kappa shape index (κ1) is 19.7. The number of likely N-dealkylation sites (tertiary alicyclic amines) is 1. The van der Waals surface area contributed by atoms with Gasteiger partial charge in [-0.25, -0.2) is 4.79 Å². The van der Waals surface area contributed by atoms with Crippen molar-refractivity contribution in [1.29, 1.82) is 0 Å². The van der Waals surface area contributed by atoms with Crippen LogP contribution in [-0.2, 0) is 11.2 Å². The van der Waals surface area contributed by atoms with Gasteiger partial charge in [0, 0.05) is 38.8 Å². The van der Waals surface area contributed by atoms with E-state index in [-0.39, 0.29) is 12.1 Å². The van der Waals surface area contributed by atoms with E-state index in [0.717, 1.165) is 30.2 Å². The zero-order valence-corrected chi connectivity index (χ0v) is 16.0. The number of amides is 2. The Balaban J connectivity index is 1.48. The number of carbonyl (C=O) groups excluding carboxylic acids is 1. The summed E-state index contributed by atoms with van der Waals surface area (Å²) in [4.78, 5) is 16.4. The van der Waals surface area contributed by atoms with Crippen molar-refractivity contribution >= 4 is 6.03 Å². The monoisotopic (exact) mass is 379 g/mol. The molecule has 2 fully saturated rings. The van der Waals surface area contributed by atoms with Crippen LogP contribution in [0.1, 0.15) is 5.56 Å². The van der Waals surface area contributed by atoms with Crippen molar-refractivity contribution in [2.45, 2.75) is 18.6 Å². The zero-order chi connectivity index (χ0) is 19.2. The normalized spacial score (nSPS) is 23.3. The summed E-state index contributed by atoms with van der Waals surface area (Å²) in [6.45, 7) is 4.37. The smallest absolute Gasteiger partial charge is 0.317 e. The van der Waals surface area contributed by atoms with E-state index in [9.17, 15) is 9.90 Å². The van der Waals surface area contributed by atoms with Gasteiger partial charge in [-0.2, -0.15) is 0 Å². The summed E-state index contributed by atoms with van der Waals surface area (Å²) in [5.74, 6) is 1.46. The van der Waals surface area contributed by atoms with Crippen LogP contribution in [0.5, 0.6) is 11.5 Å². The molecule has 0 saturated carbocycles. The van der Waals surface area contributed by atoms with Gasteiger partial charge in [0.15, 0.2) is 0 Å². The van der Waals surface area contributed by atoms with Crippen molar-refractivity contribution in [3.8, 4) is 11.5 Å². The summed E-state index contributed by atoms with van der Waals surface area (Å²) in [6, 6.07) is 5.53. The Bertz CT molecular complexity index is 614. The highest BCUT2D eigenvalue weighted by Crippen LogP contribution is 2.22. The lowest BCUT2D eigenvalue weighted by Crippen LogP contribution is -2.49. The molecule has 3 rings (SSSR count). The number of benzene rings is 1. The number of nitrogens with one attached hydrogen (secondary N) is 1. The van der Waals surface area contributed by atoms with E-state index in [4.69, 9.17) is 14.2 Å². The zero-order valence-electron chi connectivity index (χ0n) is 16.0. The van der Waals surface area contributed by atoms with Crippen LogP contribution in [0.4, 0.5) is 4.79 Å². The molecule has 0 bridgehead atoms. The molecule has 1 aromatic rings. The average Bonchev–Trinajstić information content (AvgIpc) is 3.10. The molecule has 0 aromatic heterocycles. The van der Waals surface area contributed by atoms with Gasteiger partial charge in [-0.05, 0) is 24.1 Å². The van der Waals surface area contributed by atoms with Gasteiger partial charge in [0.2, 0.25) is 0 Å². The fraction of sp³-hybridized carbons (Fsp3) is 0.632. The molecule has 2 heterocycles. The minimum atomic E-state index is -0.517. The van der Waals surface area contributed by atoms with Crippen molar-refractivity contribution in [2.24, 2.45) is 0 Å². The van der Waals surface area contributed by atoms with Crippen LogP contribution in [0.2, 0.25) is 0 Å². The molecule has 2 aliphatic rings. The standard InChI is InChI=1S/C19H29N3O5/c1-25-15-9-14(10-16(11-15)26-2)3-4-20-19(24)22-12-17(18(23)13-22)21-5-7-27-8-6-21/h9-11,17-18,23H,3-8,12-13H2,1-2H3,(H,20,24)/t17-,18-/m0/s1. The number of ether oxygens (including phenoxy) is 3. The second-order valence-corrected chi connectivity index (χ2v) is 6.89. The molecule has 150 valence electrons. The van der Waals surface area contributed by atoms with Gasteiger partial charge in [0.05, 0.1) is 39.6 Å². The van der Waals surface area contributed by atoms with E-state index in [2.05, 4.69) is 10.2 Å². The number of nitrogens with zero attached hydrogens (tertiary/aromatic N) is 2. The molecule has 0 aliphatic carbocycles. The molecular weight excluding hydrogens is 350 g/mol. The van der Waals surface area contributed by atoms with Crippen molar-refractivity contribution in [3.63, 3.8) is 0 Å². The highest BCUT2D eigenvalue weighted by atomic mass is 16.5. The van der Waals surface area contributed by atoms with Crippen LogP contribution in [0.15, 0.2) is 18.2 Å². The lowest BCUT2D eigenvalue weighted by atomic mass is 10.1. The second kappa shape index (κ2) is 9.25. The van der Waals surface area contributed by atoms with E-state index in [0.29, 0.717) is 39.3 Å². The third-order valence-corrected chi connectivity index (χ3v) is 5.16. The maximum absolute atomic E-state index is 12.5. The number of morpholine rings is 1. The summed E-state index contributed by atoms with van der Waals surface area (Å²) < 4.78 is 15.9. The first-order valence-electron chi connectivity index (χ1n) is 9.35. The summed E-state index contributed by atoms with van der Waals surface area (Å²) in [7, 11) is 3.23. The Kier molecular flexibility index (Phi) is 6.76. The molecule has 2 amide bonds. The SMILES string of the molecule is COc1cc(CCNC(=O)N2C[C@H](O)[C@@H](N3CCOCC3)C2)cc(OC)c1. The fourth-order valence-corrected chi connectivity index (χ4v) is 3.64. The van der Waals surface area contributed by atoms with Gasteiger partial charge >= 0.3 is 6.03 Å². The fourth-order valence-electron chi connectivity index (χ4n) is 3.64. The minimum absolute atomic E-state index is 0.0118. The predicted molar refractivity (Wildman–Crippen MR) is 100 cm³/mol. The highest BCUT2D eigenvalue weighted by molar-refractivity contribution is 5.74. The Hall–Kier alpha value is -2.03. The van der Waals surface area contributed by atoms with Crippen molar-refractivity contribution in [2.75, 3.05) is 60.2 Å². The molecule has 27 heavy (non-hydrogen) atoms. The molecule has 8 heteroatoms. The molecule has 8 nitrogen and oxygen atoms in total. The van der Waals surface area contributed by atoms with E-state index in [1.54, 1.807) is 19.1 Å². The first-order valence-corrected chi connectivity index (χ1v) is 9.35. The van der Waals surface area contributed by atoms with E-state index < -0.39 is 6.10 Å². The topological polar surface area (TPSA) is 83.5 Å². The Labute approximate surface area is 160 Å². The number of carbonyl (C=O) groups is 1. The maximum atomic E-state index is 12.5. The molecule has 2 saturated heterocycles. The summed E-state index contributed by atoms with van der Waals surface area (Å²) in [5, 5.41) is 13.3. The number of urea groups is 1. The summed E-state index contributed by atoms with van der Waals surface area (Å²) >= 11 is 0. The van der Waals surface area contributed by atoms with Crippen LogP contribution in [0, 0.1) is 0 Å². The third-order valence-electron chi connectivity index (χ3n) is 5.16. The van der Waals surface area contributed by atoms with Crippen LogP contribution in [-0.4, -0.2) is 93.2 Å². The Morgan fingerprint density at radius 2 is 1.85 bits per heavy atom. The van der Waals surface area contributed by atoms with Crippen molar-refractivity contribution < 1.29 is 24.1 Å². The van der Waals surface area contributed by atoms with E-state index in [1.165, 1.54) is 0 Å². The van der Waals surface area contributed by atoms with Crippen LogP contribution < -0.4 is 14.8 Å². The number of β-amino-alcohol motifs (C(OH)–C–C–N with tert-alkyl or cyclic N) is 1. The molecule has 2 N–H and O–H groups in total. The van der Waals surface area contributed by atoms with Gasteiger partial charge in [0.25, 0.3) is 0 Å². The van der Waals surface area contributed by atoms with E-state index in [1.807, 2.05) is 18.2 Å². The van der Waals surface area contributed by atoms with Gasteiger partial charge in [0.1, 0.15) is 11.5 Å². The third kappa shape index (κ3) is 5.03. The molecule has 1 aromatic carbocycles. The van der Waals surface area contributed by atoms with Crippen molar-refractivity contribution in [3.05, 3.63) is 23.8 Å². The van der Waals surface area contributed by atoms with E-state index >= 15 is 0 Å². The predicted octanol–water partition coefficient (Wildman–Crippen LogP) is 0.333. The second-order valence-electron chi connectivity index (χ2n) is 6.89. The summed E-state index contributed by atoms with van der Waals surface area (Å²) in [5.41, 5.74) is 1.03. The van der Waals surface area contributed by atoms with Crippen LogP contribution >= 0.6 is 0 Å². The number of rotatable bonds is 6. The molecule has 2 atom stereocenters. The molecule has 0 radical (unpaired) electrons. The quantitative estimate of drug-likeness (QED) is 0.741. The number of methoxy groups -OCH3 is 2. The molecular formula is C19H29N3O5. The van der Waals surface area contributed by atoms with Gasteiger partial charge in [-0.3, -0.25) is 4.90 Å². The van der Waals surface area contributed by atoms with Crippen molar-refractivity contribution in [1.82, 2.24) is 15.1 Å². The molecule has 2 aliphatic heterocycles. The van der Waals surface area contributed by atoms with Crippen LogP contribution in [0.3, 0.4) is 0 Å². The van der Waals surface area contributed by atoms with Gasteiger partial charge < -0.3 is 29.5 Å². The first-order chi connectivity index (χ1) is 13.1. The Morgan fingerprint density at radius 3 is 2.48 bits per heavy atom. The van der Waals surface area contributed by atoms with Crippen LogP contribution in [0.25, 0.3) is 0 Å².